The van der Waals surface area contributed by atoms with Gasteiger partial charge >= 0.3 is 0 Å². The first-order valence-electron chi connectivity index (χ1n) is 7.59. The van der Waals surface area contributed by atoms with E-state index in [1.807, 2.05) is 18.2 Å². The highest BCUT2D eigenvalue weighted by atomic mass is 32.1. The molecular weight excluding hydrogens is 338 g/mol. The van der Waals surface area contributed by atoms with Crippen LogP contribution in [-0.4, -0.2) is 30.6 Å². The fraction of sp³-hybridized carbons (Fsp3) is 0.167. The summed E-state index contributed by atoms with van der Waals surface area (Å²) in [6, 6.07) is 16.2. The first-order chi connectivity index (χ1) is 12.0. The van der Waals surface area contributed by atoms with Gasteiger partial charge in [-0.25, -0.2) is 0 Å². The Balaban J connectivity index is 1.81. The molecule has 0 bridgehead atoms. The monoisotopic (exact) mass is 357 g/mol. The quantitative estimate of drug-likeness (QED) is 0.805. The summed E-state index contributed by atoms with van der Waals surface area (Å²) in [6.45, 7) is 1.36. The number of carbonyl (C=O) groups is 2. The zero-order chi connectivity index (χ0) is 18.2. The molecule has 0 radical (unpaired) electrons. The van der Waals surface area contributed by atoms with Crippen LogP contribution >= 0.6 is 12.2 Å². The summed E-state index contributed by atoms with van der Waals surface area (Å²) in [5, 5.41) is 5.63. The number of amides is 2. The van der Waals surface area contributed by atoms with Crippen molar-refractivity contribution < 1.29 is 14.3 Å². The molecule has 0 aliphatic carbocycles. The number of nitrogens with one attached hydrogen (secondary N) is 2. The van der Waals surface area contributed by atoms with Gasteiger partial charge in [-0.2, -0.15) is 0 Å². The normalized spacial score (nSPS) is 9.84. The van der Waals surface area contributed by atoms with Crippen LogP contribution in [0.2, 0.25) is 0 Å². The number of ether oxygens (including phenoxy) is 1. The van der Waals surface area contributed by atoms with E-state index in [0.717, 1.165) is 5.69 Å². The molecule has 0 saturated carbocycles. The minimum absolute atomic E-state index is 0.0538. The summed E-state index contributed by atoms with van der Waals surface area (Å²) >= 11 is 5.11. The Morgan fingerprint density at radius 1 is 1.08 bits per heavy atom. The van der Waals surface area contributed by atoms with Crippen LogP contribution in [0.1, 0.15) is 6.92 Å². The highest BCUT2D eigenvalue weighted by molar-refractivity contribution is 7.80. The second kappa shape index (κ2) is 8.79. The lowest BCUT2D eigenvalue weighted by atomic mass is 10.2. The number of nitrogens with zero attached hydrogens (tertiary/aromatic N) is 1. The van der Waals surface area contributed by atoms with Gasteiger partial charge in [0, 0.05) is 25.3 Å². The van der Waals surface area contributed by atoms with Crippen molar-refractivity contribution in [1.29, 1.82) is 0 Å². The van der Waals surface area contributed by atoms with Crippen molar-refractivity contribution in [2.75, 3.05) is 23.9 Å². The third-order valence-electron chi connectivity index (χ3n) is 3.35. The average molecular weight is 357 g/mol. The molecule has 0 aromatic heterocycles. The van der Waals surface area contributed by atoms with Crippen LogP contribution in [0, 0.1) is 0 Å². The number of thiocarbonyl (C=S) groups is 1. The lowest BCUT2D eigenvalue weighted by Gasteiger charge is -2.16. The molecule has 0 heterocycles. The van der Waals surface area contributed by atoms with E-state index in [1.54, 1.807) is 43.4 Å². The standard InChI is InChI=1S/C18H19N3O3S/c1-13(22)21(2)15-10-8-14(9-11-15)19-18(25)20-17(23)12-24-16-6-4-3-5-7-16/h3-11H,12H2,1-2H3,(H2,19,20,23,25). The summed E-state index contributed by atoms with van der Waals surface area (Å²) in [5.41, 5.74) is 1.47. The predicted octanol–water partition coefficient (Wildman–Crippen LogP) is 2.56. The molecule has 0 aliphatic heterocycles. The Hall–Kier alpha value is -2.93. The number of benzene rings is 2. The van der Waals surface area contributed by atoms with Gasteiger partial charge in [-0.3, -0.25) is 14.9 Å². The number of hydrogen-bond donors (Lipinski definition) is 2. The summed E-state index contributed by atoms with van der Waals surface area (Å²) in [5.74, 6) is 0.206. The summed E-state index contributed by atoms with van der Waals surface area (Å²) in [7, 11) is 1.70. The first-order valence-corrected chi connectivity index (χ1v) is 7.99. The molecule has 0 saturated heterocycles. The van der Waals surface area contributed by atoms with Gasteiger partial charge in [0.05, 0.1) is 0 Å². The molecule has 2 N–H and O–H groups in total. The number of para-hydroxylation sites is 1. The summed E-state index contributed by atoms with van der Waals surface area (Å²) < 4.78 is 5.35. The third-order valence-corrected chi connectivity index (χ3v) is 3.56. The maximum atomic E-state index is 11.8. The predicted molar refractivity (Wildman–Crippen MR) is 102 cm³/mol. The van der Waals surface area contributed by atoms with E-state index in [2.05, 4.69) is 10.6 Å². The molecule has 0 aliphatic rings. The SMILES string of the molecule is CC(=O)N(C)c1ccc(NC(=S)NC(=O)COc2ccccc2)cc1. The van der Waals surface area contributed by atoms with Gasteiger partial charge in [0.15, 0.2) is 11.7 Å². The largest absolute Gasteiger partial charge is 0.484 e. The van der Waals surface area contributed by atoms with Crippen LogP contribution in [-0.2, 0) is 9.59 Å². The van der Waals surface area contributed by atoms with Crippen LogP contribution in [0.4, 0.5) is 11.4 Å². The van der Waals surface area contributed by atoms with Crippen molar-refractivity contribution >= 4 is 40.5 Å². The number of rotatable bonds is 5. The minimum Gasteiger partial charge on any atom is -0.484 e. The molecule has 0 fully saturated rings. The van der Waals surface area contributed by atoms with Crippen molar-refractivity contribution in [3.63, 3.8) is 0 Å². The fourth-order valence-corrected chi connectivity index (χ4v) is 2.17. The Morgan fingerprint density at radius 2 is 1.72 bits per heavy atom. The van der Waals surface area contributed by atoms with Crippen LogP contribution in [0.15, 0.2) is 54.6 Å². The molecule has 0 unspecified atom stereocenters. The van der Waals surface area contributed by atoms with Gasteiger partial charge in [-0.05, 0) is 48.6 Å². The molecule has 2 amide bonds. The zero-order valence-corrected chi connectivity index (χ0v) is 14.8. The van der Waals surface area contributed by atoms with Crippen LogP contribution in [0.25, 0.3) is 0 Å². The second-order valence-electron chi connectivity index (χ2n) is 5.23. The molecule has 0 spiro atoms. The molecule has 6 nitrogen and oxygen atoms in total. The molecule has 2 rings (SSSR count). The van der Waals surface area contributed by atoms with Gasteiger partial charge in [0.25, 0.3) is 5.91 Å². The van der Waals surface area contributed by atoms with Crippen molar-refractivity contribution in [2.24, 2.45) is 0 Å². The zero-order valence-electron chi connectivity index (χ0n) is 14.0. The van der Waals surface area contributed by atoms with E-state index < -0.39 is 0 Å². The van der Waals surface area contributed by atoms with E-state index in [-0.39, 0.29) is 23.5 Å². The number of anilines is 2. The molecule has 25 heavy (non-hydrogen) atoms. The maximum Gasteiger partial charge on any atom is 0.264 e. The third kappa shape index (κ3) is 5.89. The van der Waals surface area contributed by atoms with Crippen molar-refractivity contribution in [3.05, 3.63) is 54.6 Å². The summed E-state index contributed by atoms with van der Waals surface area (Å²) in [4.78, 5) is 24.7. The highest BCUT2D eigenvalue weighted by Crippen LogP contribution is 2.16. The van der Waals surface area contributed by atoms with E-state index >= 15 is 0 Å². The Bertz CT molecular complexity index is 748. The molecule has 7 heteroatoms. The topological polar surface area (TPSA) is 70.7 Å². The number of hydrogen-bond acceptors (Lipinski definition) is 4. The molecule has 2 aromatic carbocycles. The van der Waals surface area contributed by atoms with Crippen molar-refractivity contribution in [1.82, 2.24) is 5.32 Å². The van der Waals surface area contributed by atoms with Gasteiger partial charge < -0.3 is 15.0 Å². The van der Waals surface area contributed by atoms with Crippen LogP contribution in [0.5, 0.6) is 5.75 Å². The lowest BCUT2D eigenvalue weighted by molar-refractivity contribution is -0.121. The Kier molecular flexibility index (Phi) is 6.47. The van der Waals surface area contributed by atoms with E-state index in [0.29, 0.717) is 11.4 Å². The lowest BCUT2D eigenvalue weighted by Crippen LogP contribution is -2.37. The molecule has 2 aromatic rings. The van der Waals surface area contributed by atoms with Crippen LogP contribution < -0.4 is 20.3 Å². The minimum atomic E-state index is -0.353. The molecule has 130 valence electrons. The van der Waals surface area contributed by atoms with Gasteiger partial charge in [-0.1, -0.05) is 18.2 Å². The van der Waals surface area contributed by atoms with Crippen LogP contribution in [0.3, 0.4) is 0 Å². The van der Waals surface area contributed by atoms with E-state index in [1.165, 1.54) is 11.8 Å². The summed E-state index contributed by atoms with van der Waals surface area (Å²) in [6.07, 6.45) is 0. The Morgan fingerprint density at radius 3 is 2.32 bits per heavy atom. The van der Waals surface area contributed by atoms with Gasteiger partial charge in [-0.15, -0.1) is 0 Å². The highest BCUT2D eigenvalue weighted by Gasteiger charge is 2.08. The van der Waals surface area contributed by atoms with E-state index in [4.69, 9.17) is 17.0 Å². The van der Waals surface area contributed by atoms with E-state index in [9.17, 15) is 9.59 Å². The second-order valence-corrected chi connectivity index (χ2v) is 5.64. The average Bonchev–Trinajstić information content (AvgIpc) is 2.60. The Labute approximate surface area is 151 Å². The molecular formula is C18H19N3O3S. The van der Waals surface area contributed by atoms with Crippen molar-refractivity contribution in [2.45, 2.75) is 6.92 Å². The van der Waals surface area contributed by atoms with Crippen molar-refractivity contribution in [3.8, 4) is 5.75 Å². The first kappa shape index (κ1) is 18.4. The molecule has 0 atom stereocenters. The number of carbonyl (C=O) groups excluding carboxylic acids is 2. The van der Waals surface area contributed by atoms with Gasteiger partial charge in [0.1, 0.15) is 5.75 Å². The smallest absolute Gasteiger partial charge is 0.264 e. The maximum absolute atomic E-state index is 11.8. The fourth-order valence-electron chi connectivity index (χ4n) is 1.94. The van der Waals surface area contributed by atoms with Gasteiger partial charge in [0.2, 0.25) is 5.91 Å².